The maximum absolute atomic E-state index is 12.7. The first kappa shape index (κ1) is 24.7. The molecule has 0 aliphatic heterocycles. The van der Waals surface area contributed by atoms with Crippen LogP contribution in [0.2, 0.25) is 0 Å². The highest BCUT2D eigenvalue weighted by molar-refractivity contribution is 7.07. The number of anilines is 2. The van der Waals surface area contributed by atoms with Gasteiger partial charge < -0.3 is 21.1 Å². The number of pyridine rings is 1. The minimum absolute atomic E-state index is 0.281. The Labute approximate surface area is 189 Å². The van der Waals surface area contributed by atoms with Crippen molar-refractivity contribution in [2.75, 3.05) is 23.8 Å². The molecule has 2 aromatic rings. The van der Waals surface area contributed by atoms with Gasteiger partial charge in [-0.25, -0.2) is 4.98 Å². The number of nitrogens with zero attached hydrogens (tertiary/aromatic N) is 3. The Balaban J connectivity index is 2.50. The molecule has 0 aliphatic carbocycles. The molecular formula is C22H26N6O3S. The van der Waals surface area contributed by atoms with Crippen LogP contribution in [0, 0.1) is 11.3 Å². The van der Waals surface area contributed by atoms with Crippen molar-refractivity contribution in [2.24, 2.45) is 0 Å². The number of aliphatic hydroxyl groups excluding tert-OH is 1. The molecule has 2 heterocycles. The molecule has 2 rings (SSSR count). The Bertz CT molecular complexity index is 1270. The molecule has 0 aromatic carbocycles. The maximum atomic E-state index is 12.7. The van der Waals surface area contributed by atoms with Crippen LogP contribution >= 0.6 is 11.3 Å². The summed E-state index contributed by atoms with van der Waals surface area (Å²) in [5.74, 6) is 0.0519. The second-order valence-electron chi connectivity index (χ2n) is 7.29. The van der Waals surface area contributed by atoms with Gasteiger partial charge in [0.1, 0.15) is 21.1 Å². The molecular weight excluding hydrogens is 428 g/mol. The minimum atomic E-state index is -0.895. The topological polar surface area (TPSA) is 132 Å². The lowest BCUT2D eigenvalue weighted by Crippen LogP contribution is -2.46. The molecule has 10 heteroatoms. The van der Waals surface area contributed by atoms with Crippen LogP contribution < -0.4 is 30.7 Å². The van der Waals surface area contributed by atoms with E-state index in [4.69, 9.17) is 0 Å². The number of carbonyl (C=O) groups excluding carboxylic acids is 1. The van der Waals surface area contributed by atoms with E-state index in [1.54, 1.807) is 33.0 Å². The van der Waals surface area contributed by atoms with Crippen molar-refractivity contribution in [3.8, 4) is 6.07 Å². The van der Waals surface area contributed by atoms with Crippen LogP contribution in [0.25, 0.3) is 11.5 Å². The summed E-state index contributed by atoms with van der Waals surface area (Å²) in [6.07, 6.45) is 3.18. The predicted molar refractivity (Wildman–Crippen MR) is 125 cm³/mol. The zero-order valence-corrected chi connectivity index (χ0v) is 19.3. The lowest BCUT2D eigenvalue weighted by Gasteiger charge is -2.22. The van der Waals surface area contributed by atoms with E-state index in [0.717, 1.165) is 29.4 Å². The van der Waals surface area contributed by atoms with Gasteiger partial charge in [-0.2, -0.15) is 5.26 Å². The number of nitriles is 1. The van der Waals surface area contributed by atoms with Gasteiger partial charge >= 0.3 is 0 Å². The van der Waals surface area contributed by atoms with Crippen molar-refractivity contribution in [1.29, 1.82) is 5.26 Å². The van der Waals surface area contributed by atoms with Gasteiger partial charge in [0.15, 0.2) is 5.57 Å². The van der Waals surface area contributed by atoms with E-state index in [0.29, 0.717) is 15.7 Å². The second kappa shape index (κ2) is 11.1. The number of amides is 1. The normalized spacial score (nSPS) is 10.4. The maximum Gasteiger partial charge on any atom is 0.277 e. The van der Waals surface area contributed by atoms with Crippen molar-refractivity contribution in [3.63, 3.8) is 0 Å². The van der Waals surface area contributed by atoms with Crippen LogP contribution in [0.5, 0.6) is 0 Å². The summed E-state index contributed by atoms with van der Waals surface area (Å²) in [7, 11) is 0. The molecule has 0 saturated heterocycles. The van der Waals surface area contributed by atoms with E-state index in [-0.39, 0.29) is 17.7 Å². The van der Waals surface area contributed by atoms with Crippen LogP contribution in [0.1, 0.15) is 27.7 Å². The Hall–Kier alpha value is -3.60. The Morgan fingerprint density at radius 2 is 2.16 bits per heavy atom. The summed E-state index contributed by atoms with van der Waals surface area (Å²) in [5, 5.41) is 27.4. The SMILES string of the molecule is CCNc1cc(NC=C=c2sc(=C=C(C#N)C(=O)NC(C)(C)CO)n(CC)c2=O)ccn1. The summed E-state index contributed by atoms with van der Waals surface area (Å²) >= 11 is 1.07. The molecule has 168 valence electrons. The van der Waals surface area contributed by atoms with Gasteiger partial charge in [-0.3, -0.25) is 14.2 Å². The number of aromatic nitrogens is 2. The highest BCUT2D eigenvalue weighted by atomic mass is 32.1. The van der Waals surface area contributed by atoms with E-state index in [1.165, 1.54) is 10.8 Å². The number of aliphatic hydroxyl groups is 1. The fourth-order valence-corrected chi connectivity index (χ4v) is 3.50. The standard InChI is InChI=1S/C22H26N6O3S/c1-5-24-18-12-16(7-9-26-18)25-10-8-17-21(31)28(6-2)19(32-17)11-15(13-23)20(30)27-22(3,4)14-29/h7,9-10,12,29H,5-6,14H2,1-4H3,(H,27,30)(H2,24,25,26). The largest absolute Gasteiger partial charge is 0.394 e. The summed E-state index contributed by atoms with van der Waals surface area (Å²) in [4.78, 5) is 29.3. The number of hydrogen-bond acceptors (Lipinski definition) is 8. The van der Waals surface area contributed by atoms with Gasteiger partial charge in [0.2, 0.25) is 0 Å². The third-order valence-corrected chi connectivity index (χ3v) is 5.19. The zero-order chi connectivity index (χ0) is 23.7. The van der Waals surface area contributed by atoms with Gasteiger partial charge in [-0.15, -0.1) is 0 Å². The van der Waals surface area contributed by atoms with Crippen molar-refractivity contribution in [1.82, 2.24) is 14.9 Å². The first-order valence-corrected chi connectivity index (χ1v) is 10.8. The number of carbonyl (C=O) groups is 1. The molecule has 0 aliphatic rings. The van der Waals surface area contributed by atoms with Gasteiger partial charge in [-0.1, -0.05) is 22.8 Å². The Morgan fingerprint density at radius 1 is 1.41 bits per heavy atom. The predicted octanol–water partition coefficient (Wildman–Crippen LogP) is 0.478. The molecule has 0 unspecified atom stereocenters. The van der Waals surface area contributed by atoms with Crippen molar-refractivity contribution in [3.05, 3.63) is 49.7 Å². The van der Waals surface area contributed by atoms with E-state index in [1.807, 2.05) is 19.1 Å². The molecule has 0 bridgehead atoms. The minimum Gasteiger partial charge on any atom is -0.394 e. The van der Waals surface area contributed by atoms with Crippen molar-refractivity contribution < 1.29 is 9.90 Å². The monoisotopic (exact) mass is 454 g/mol. The molecule has 2 aromatic heterocycles. The Kier molecular flexibility index (Phi) is 8.59. The Morgan fingerprint density at radius 3 is 2.78 bits per heavy atom. The molecule has 0 atom stereocenters. The van der Waals surface area contributed by atoms with E-state index >= 15 is 0 Å². The summed E-state index contributed by atoms with van der Waals surface area (Å²) < 4.78 is 2.05. The molecule has 32 heavy (non-hydrogen) atoms. The van der Waals surface area contributed by atoms with Crippen molar-refractivity contribution >= 4 is 40.2 Å². The second-order valence-corrected chi connectivity index (χ2v) is 8.29. The van der Waals surface area contributed by atoms with Gasteiger partial charge in [0, 0.05) is 37.2 Å². The van der Waals surface area contributed by atoms with E-state index < -0.39 is 11.4 Å². The van der Waals surface area contributed by atoms with E-state index in [2.05, 4.69) is 32.4 Å². The smallest absolute Gasteiger partial charge is 0.277 e. The first-order valence-electron chi connectivity index (χ1n) is 10.00. The van der Waals surface area contributed by atoms with Crippen LogP contribution in [0.4, 0.5) is 11.5 Å². The van der Waals surface area contributed by atoms with Crippen LogP contribution in [-0.4, -0.2) is 39.3 Å². The lowest BCUT2D eigenvalue weighted by molar-refractivity contribution is -0.119. The molecule has 0 fully saturated rings. The lowest BCUT2D eigenvalue weighted by atomic mass is 10.1. The van der Waals surface area contributed by atoms with Crippen LogP contribution in [0.15, 0.2) is 34.9 Å². The number of nitrogens with one attached hydrogen (secondary N) is 3. The number of hydrogen-bond donors (Lipinski definition) is 4. The fraction of sp³-hybridized carbons (Fsp3) is 0.364. The molecule has 9 nitrogen and oxygen atoms in total. The quantitative estimate of drug-likeness (QED) is 0.337. The molecule has 0 radical (unpaired) electrons. The van der Waals surface area contributed by atoms with Crippen LogP contribution in [-0.2, 0) is 11.3 Å². The third-order valence-electron chi connectivity index (χ3n) is 4.18. The van der Waals surface area contributed by atoms with Gasteiger partial charge in [0.05, 0.1) is 12.1 Å². The molecule has 0 saturated carbocycles. The fourth-order valence-electron chi connectivity index (χ4n) is 2.52. The zero-order valence-electron chi connectivity index (χ0n) is 18.4. The summed E-state index contributed by atoms with van der Waals surface area (Å²) in [6.45, 7) is 7.81. The first-order chi connectivity index (χ1) is 15.2. The highest BCUT2D eigenvalue weighted by Crippen LogP contribution is 2.11. The number of rotatable bonds is 8. The van der Waals surface area contributed by atoms with E-state index in [9.17, 15) is 20.0 Å². The van der Waals surface area contributed by atoms with Gasteiger partial charge in [0.25, 0.3) is 11.5 Å². The average molecular weight is 455 g/mol. The molecule has 1 amide bonds. The average Bonchev–Trinajstić information content (AvgIpc) is 3.06. The van der Waals surface area contributed by atoms with Gasteiger partial charge in [-0.05, 0) is 33.8 Å². The third kappa shape index (κ3) is 6.45. The summed E-state index contributed by atoms with van der Waals surface area (Å²) in [6, 6.07) is 5.42. The van der Waals surface area contributed by atoms with Crippen molar-refractivity contribution in [2.45, 2.75) is 39.8 Å². The summed E-state index contributed by atoms with van der Waals surface area (Å²) in [5.41, 5.74) is 4.96. The van der Waals surface area contributed by atoms with Crippen LogP contribution in [0.3, 0.4) is 0 Å². The molecule has 4 N–H and O–H groups in total. The molecule has 0 spiro atoms. The number of thiazole rings is 1. The highest BCUT2D eigenvalue weighted by Gasteiger charge is 2.21.